The molecule has 2 heterocycles. The van der Waals surface area contributed by atoms with Crippen molar-refractivity contribution in [3.63, 3.8) is 0 Å². The Kier molecular flexibility index (Phi) is 4.95. The number of rotatable bonds is 6. The molecule has 0 bridgehead atoms. The molecule has 3 rings (SSSR count). The van der Waals surface area contributed by atoms with E-state index in [1.165, 1.54) is 30.0 Å². The Labute approximate surface area is 136 Å². The van der Waals surface area contributed by atoms with Gasteiger partial charge < -0.3 is 10.1 Å². The van der Waals surface area contributed by atoms with E-state index in [9.17, 15) is 0 Å². The predicted molar refractivity (Wildman–Crippen MR) is 91.7 cm³/mol. The highest BCUT2D eigenvalue weighted by atomic mass is 32.1. The Hall–Kier alpha value is -1.59. The lowest BCUT2D eigenvalue weighted by Crippen LogP contribution is -2.20. The molecule has 0 saturated carbocycles. The van der Waals surface area contributed by atoms with E-state index in [0.717, 1.165) is 29.8 Å². The quantitative estimate of drug-likeness (QED) is 0.887. The van der Waals surface area contributed by atoms with Gasteiger partial charge in [0.1, 0.15) is 5.75 Å². The molecule has 1 aliphatic rings. The Morgan fingerprint density at radius 1 is 1.45 bits per heavy atom. The Morgan fingerprint density at radius 3 is 3.14 bits per heavy atom. The maximum absolute atomic E-state index is 5.31. The number of hydrogen-bond acceptors (Lipinski definition) is 5. The van der Waals surface area contributed by atoms with Crippen LogP contribution in [0, 0.1) is 5.92 Å². The number of aromatic nitrogens is 1. The van der Waals surface area contributed by atoms with Crippen molar-refractivity contribution < 1.29 is 4.74 Å². The van der Waals surface area contributed by atoms with Gasteiger partial charge in [-0.25, -0.2) is 4.98 Å². The highest BCUT2D eigenvalue weighted by molar-refractivity contribution is 7.15. The molecule has 0 amide bonds. The lowest BCUT2D eigenvalue weighted by molar-refractivity contribution is 0.319. The molecule has 22 heavy (non-hydrogen) atoms. The van der Waals surface area contributed by atoms with E-state index in [1.807, 2.05) is 19.3 Å². The summed E-state index contributed by atoms with van der Waals surface area (Å²) in [5, 5.41) is 4.10. The fraction of sp³-hybridized carbons (Fsp3) is 0.471. The topological polar surface area (TPSA) is 37.4 Å². The molecular formula is C17H23N3OS. The second kappa shape index (κ2) is 7.11. The van der Waals surface area contributed by atoms with Crippen molar-refractivity contribution in [2.45, 2.75) is 19.4 Å². The van der Waals surface area contributed by atoms with Gasteiger partial charge in [0, 0.05) is 31.2 Å². The third-order valence-corrected chi connectivity index (χ3v) is 5.17. The molecule has 4 nitrogen and oxygen atoms in total. The summed E-state index contributed by atoms with van der Waals surface area (Å²) in [7, 11) is 3.65. The molecule has 1 aromatic carbocycles. The van der Waals surface area contributed by atoms with E-state index >= 15 is 0 Å². The molecule has 1 saturated heterocycles. The summed E-state index contributed by atoms with van der Waals surface area (Å²) >= 11 is 1.75. The van der Waals surface area contributed by atoms with E-state index in [2.05, 4.69) is 33.4 Å². The molecule has 0 spiro atoms. The lowest BCUT2D eigenvalue weighted by Gasteiger charge is -2.15. The van der Waals surface area contributed by atoms with Gasteiger partial charge in [-0.05, 0) is 43.0 Å². The molecule has 0 radical (unpaired) electrons. The minimum absolute atomic E-state index is 0.740. The fourth-order valence-corrected chi connectivity index (χ4v) is 3.88. The molecule has 0 aliphatic carbocycles. The van der Waals surface area contributed by atoms with Crippen LogP contribution in [0.3, 0.4) is 0 Å². The maximum Gasteiger partial charge on any atom is 0.182 e. The van der Waals surface area contributed by atoms with Crippen LogP contribution in [0.1, 0.15) is 16.9 Å². The summed E-state index contributed by atoms with van der Waals surface area (Å²) in [6, 6.07) is 8.45. The van der Waals surface area contributed by atoms with Crippen LogP contribution in [0.4, 0.5) is 5.13 Å². The molecule has 1 N–H and O–H groups in total. The minimum atomic E-state index is 0.740. The van der Waals surface area contributed by atoms with Gasteiger partial charge in [-0.3, -0.25) is 4.90 Å². The minimum Gasteiger partial charge on any atom is -0.497 e. The summed E-state index contributed by atoms with van der Waals surface area (Å²) in [4.78, 5) is 8.23. The van der Waals surface area contributed by atoms with E-state index in [-0.39, 0.29) is 0 Å². The first kappa shape index (κ1) is 15.3. The number of hydrogen-bond donors (Lipinski definition) is 1. The lowest BCUT2D eigenvalue weighted by atomic mass is 9.98. The summed E-state index contributed by atoms with van der Waals surface area (Å²) < 4.78 is 5.31. The second-order valence-electron chi connectivity index (χ2n) is 5.83. The van der Waals surface area contributed by atoms with Crippen LogP contribution >= 0.6 is 11.3 Å². The molecule has 1 atom stereocenters. The van der Waals surface area contributed by atoms with Gasteiger partial charge >= 0.3 is 0 Å². The second-order valence-corrected chi connectivity index (χ2v) is 6.94. The normalized spacial score (nSPS) is 18.5. The summed E-state index contributed by atoms with van der Waals surface area (Å²) in [5.41, 5.74) is 1.38. The molecule has 1 aromatic heterocycles. The first-order valence-electron chi connectivity index (χ1n) is 7.74. The Morgan fingerprint density at radius 2 is 2.36 bits per heavy atom. The zero-order valence-corrected chi connectivity index (χ0v) is 14.0. The SMILES string of the molecule is CNc1ncc(CN2CCC(Cc3cccc(OC)c3)C2)s1. The molecule has 2 aromatic rings. The van der Waals surface area contributed by atoms with E-state index in [1.54, 1.807) is 18.4 Å². The molecule has 1 unspecified atom stereocenters. The number of benzene rings is 1. The van der Waals surface area contributed by atoms with E-state index in [4.69, 9.17) is 4.74 Å². The molecule has 5 heteroatoms. The van der Waals surface area contributed by atoms with E-state index in [0.29, 0.717) is 0 Å². The van der Waals surface area contributed by atoms with Crippen molar-refractivity contribution in [1.82, 2.24) is 9.88 Å². The zero-order valence-electron chi connectivity index (χ0n) is 13.2. The number of ether oxygens (including phenoxy) is 1. The average molecular weight is 317 g/mol. The van der Waals surface area contributed by atoms with Gasteiger partial charge in [0.25, 0.3) is 0 Å². The number of nitrogens with one attached hydrogen (secondary N) is 1. The highest BCUT2D eigenvalue weighted by Gasteiger charge is 2.23. The van der Waals surface area contributed by atoms with Crippen LogP contribution in [0.5, 0.6) is 5.75 Å². The van der Waals surface area contributed by atoms with Crippen LogP contribution in [0.25, 0.3) is 0 Å². The van der Waals surface area contributed by atoms with Gasteiger partial charge in [0.05, 0.1) is 7.11 Å². The van der Waals surface area contributed by atoms with Crippen LogP contribution < -0.4 is 10.1 Å². The zero-order chi connectivity index (χ0) is 15.4. The third kappa shape index (κ3) is 3.78. The number of thiazole rings is 1. The first-order chi connectivity index (χ1) is 10.8. The average Bonchev–Trinajstić information content (AvgIpc) is 3.17. The number of anilines is 1. The van der Waals surface area contributed by atoms with Crippen molar-refractivity contribution in [2.75, 3.05) is 32.6 Å². The van der Waals surface area contributed by atoms with Crippen LogP contribution in [0.15, 0.2) is 30.5 Å². The first-order valence-corrected chi connectivity index (χ1v) is 8.56. The van der Waals surface area contributed by atoms with Gasteiger partial charge in [-0.2, -0.15) is 0 Å². The molecule has 1 fully saturated rings. The highest BCUT2D eigenvalue weighted by Crippen LogP contribution is 2.26. The molecule has 1 aliphatic heterocycles. The van der Waals surface area contributed by atoms with Crippen molar-refractivity contribution in [2.24, 2.45) is 5.92 Å². The summed E-state index contributed by atoms with van der Waals surface area (Å²) in [6.45, 7) is 3.37. The van der Waals surface area contributed by atoms with Gasteiger partial charge in [0.15, 0.2) is 5.13 Å². The van der Waals surface area contributed by atoms with Crippen molar-refractivity contribution in [3.8, 4) is 5.75 Å². The standard InChI is InChI=1S/C17H23N3OS/c1-18-17-19-10-16(22-17)12-20-7-6-14(11-20)8-13-4-3-5-15(9-13)21-2/h3-5,9-10,14H,6-8,11-12H2,1-2H3,(H,18,19). The van der Waals surface area contributed by atoms with Crippen LogP contribution in [0.2, 0.25) is 0 Å². The Bertz CT molecular complexity index is 613. The molecule has 118 valence electrons. The fourth-order valence-electron chi connectivity index (χ4n) is 3.07. The third-order valence-electron chi connectivity index (χ3n) is 4.18. The van der Waals surface area contributed by atoms with Crippen molar-refractivity contribution in [1.29, 1.82) is 0 Å². The number of likely N-dealkylation sites (tertiary alicyclic amines) is 1. The number of nitrogens with zero attached hydrogens (tertiary/aromatic N) is 2. The van der Waals surface area contributed by atoms with Gasteiger partial charge in [-0.15, -0.1) is 11.3 Å². The van der Waals surface area contributed by atoms with Crippen molar-refractivity contribution in [3.05, 3.63) is 40.9 Å². The molecular weight excluding hydrogens is 294 g/mol. The predicted octanol–water partition coefficient (Wildman–Crippen LogP) is 3.26. The van der Waals surface area contributed by atoms with E-state index < -0.39 is 0 Å². The maximum atomic E-state index is 5.31. The number of methoxy groups -OCH3 is 1. The monoisotopic (exact) mass is 317 g/mol. The van der Waals surface area contributed by atoms with Gasteiger partial charge in [0.2, 0.25) is 0 Å². The van der Waals surface area contributed by atoms with Gasteiger partial charge in [-0.1, -0.05) is 12.1 Å². The summed E-state index contributed by atoms with van der Waals surface area (Å²) in [6.07, 6.45) is 4.40. The van der Waals surface area contributed by atoms with Crippen LogP contribution in [-0.4, -0.2) is 37.1 Å². The largest absolute Gasteiger partial charge is 0.497 e. The van der Waals surface area contributed by atoms with Crippen molar-refractivity contribution >= 4 is 16.5 Å². The Balaban J connectivity index is 1.53. The smallest absolute Gasteiger partial charge is 0.182 e. The summed E-state index contributed by atoms with van der Waals surface area (Å²) in [5.74, 6) is 1.69. The van der Waals surface area contributed by atoms with Crippen LogP contribution in [-0.2, 0) is 13.0 Å².